The van der Waals surface area contributed by atoms with Gasteiger partial charge in [-0.3, -0.25) is 0 Å². The summed E-state index contributed by atoms with van der Waals surface area (Å²) in [7, 11) is 0. The molecular formula is C13H16N2S. The highest BCUT2D eigenvalue weighted by Crippen LogP contribution is 2.29. The van der Waals surface area contributed by atoms with Crippen LogP contribution in [0.5, 0.6) is 0 Å². The van der Waals surface area contributed by atoms with E-state index in [9.17, 15) is 0 Å². The van der Waals surface area contributed by atoms with Gasteiger partial charge in [0, 0.05) is 6.54 Å². The Morgan fingerprint density at radius 1 is 1.25 bits per heavy atom. The lowest BCUT2D eigenvalue weighted by molar-refractivity contribution is 0.721. The first-order valence-corrected chi connectivity index (χ1v) is 6.35. The molecule has 1 heterocycles. The SMILES string of the molecule is CCNCc1nc(C)c(-c2ccccc2)s1. The van der Waals surface area contributed by atoms with Crippen LogP contribution in [0.3, 0.4) is 0 Å². The topological polar surface area (TPSA) is 24.9 Å². The molecule has 0 amide bonds. The van der Waals surface area contributed by atoms with Crippen molar-refractivity contribution in [3.05, 3.63) is 41.0 Å². The molecule has 1 N–H and O–H groups in total. The highest BCUT2D eigenvalue weighted by Gasteiger charge is 2.08. The van der Waals surface area contributed by atoms with Gasteiger partial charge in [-0.1, -0.05) is 37.3 Å². The highest BCUT2D eigenvalue weighted by molar-refractivity contribution is 7.15. The first-order valence-electron chi connectivity index (χ1n) is 5.53. The molecule has 0 unspecified atom stereocenters. The minimum atomic E-state index is 0.870. The molecule has 0 saturated heterocycles. The first-order chi connectivity index (χ1) is 7.81. The number of hydrogen-bond acceptors (Lipinski definition) is 3. The maximum atomic E-state index is 4.58. The van der Waals surface area contributed by atoms with Gasteiger partial charge in [0.1, 0.15) is 5.01 Å². The predicted molar refractivity (Wildman–Crippen MR) is 69.7 cm³/mol. The smallest absolute Gasteiger partial charge is 0.107 e. The zero-order valence-electron chi connectivity index (χ0n) is 9.66. The van der Waals surface area contributed by atoms with E-state index in [0.717, 1.165) is 18.8 Å². The minimum Gasteiger partial charge on any atom is -0.311 e. The Hall–Kier alpha value is -1.19. The molecule has 1 aromatic carbocycles. The van der Waals surface area contributed by atoms with Gasteiger partial charge in [0.05, 0.1) is 10.6 Å². The molecule has 0 atom stereocenters. The summed E-state index contributed by atoms with van der Waals surface area (Å²) in [6.07, 6.45) is 0. The van der Waals surface area contributed by atoms with E-state index in [1.807, 2.05) is 6.07 Å². The third-order valence-electron chi connectivity index (χ3n) is 2.40. The number of thiazole rings is 1. The van der Waals surface area contributed by atoms with Crippen LogP contribution in [0, 0.1) is 6.92 Å². The van der Waals surface area contributed by atoms with E-state index in [1.165, 1.54) is 15.4 Å². The van der Waals surface area contributed by atoms with Crippen molar-refractivity contribution in [3.63, 3.8) is 0 Å². The molecule has 84 valence electrons. The van der Waals surface area contributed by atoms with Gasteiger partial charge in [-0.05, 0) is 19.0 Å². The van der Waals surface area contributed by atoms with Crippen LogP contribution in [0.1, 0.15) is 17.6 Å². The molecule has 0 spiro atoms. The molecule has 1 aromatic heterocycles. The second-order valence-corrected chi connectivity index (χ2v) is 4.75. The Kier molecular flexibility index (Phi) is 3.70. The lowest BCUT2D eigenvalue weighted by atomic mass is 10.2. The molecule has 0 bridgehead atoms. The normalized spacial score (nSPS) is 10.6. The summed E-state index contributed by atoms with van der Waals surface area (Å²) in [5.74, 6) is 0. The average molecular weight is 232 g/mol. The summed E-state index contributed by atoms with van der Waals surface area (Å²) in [4.78, 5) is 5.87. The Bertz CT molecular complexity index is 448. The summed E-state index contributed by atoms with van der Waals surface area (Å²) in [6, 6.07) is 10.4. The molecule has 2 aromatic rings. The first kappa shape index (κ1) is 11.3. The van der Waals surface area contributed by atoms with Crippen molar-refractivity contribution < 1.29 is 0 Å². The number of hydrogen-bond donors (Lipinski definition) is 1. The number of rotatable bonds is 4. The molecule has 0 aliphatic heterocycles. The number of nitrogens with one attached hydrogen (secondary N) is 1. The van der Waals surface area contributed by atoms with Crippen LogP contribution in [0.2, 0.25) is 0 Å². The van der Waals surface area contributed by atoms with E-state index in [4.69, 9.17) is 0 Å². The van der Waals surface area contributed by atoms with Crippen LogP contribution < -0.4 is 5.32 Å². The van der Waals surface area contributed by atoms with Crippen molar-refractivity contribution in [1.29, 1.82) is 0 Å². The van der Waals surface area contributed by atoms with Crippen LogP contribution in [0.4, 0.5) is 0 Å². The zero-order valence-corrected chi connectivity index (χ0v) is 10.5. The Morgan fingerprint density at radius 2 is 2.00 bits per heavy atom. The summed E-state index contributed by atoms with van der Waals surface area (Å²) >= 11 is 1.78. The van der Waals surface area contributed by atoms with Crippen molar-refractivity contribution in [2.75, 3.05) is 6.54 Å². The van der Waals surface area contributed by atoms with Crippen LogP contribution >= 0.6 is 11.3 Å². The predicted octanol–water partition coefficient (Wildman–Crippen LogP) is 3.23. The number of aromatic nitrogens is 1. The molecule has 0 saturated carbocycles. The molecule has 16 heavy (non-hydrogen) atoms. The fourth-order valence-electron chi connectivity index (χ4n) is 1.62. The quantitative estimate of drug-likeness (QED) is 0.875. The van der Waals surface area contributed by atoms with Gasteiger partial charge in [-0.2, -0.15) is 0 Å². The van der Waals surface area contributed by atoms with Gasteiger partial charge in [0.15, 0.2) is 0 Å². The Labute approximate surface area is 100 Å². The van der Waals surface area contributed by atoms with Crippen LogP contribution in [-0.2, 0) is 6.54 Å². The van der Waals surface area contributed by atoms with E-state index in [0.29, 0.717) is 0 Å². The van der Waals surface area contributed by atoms with E-state index in [1.54, 1.807) is 11.3 Å². The van der Waals surface area contributed by atoms with Crippen molar-refractivity contribution in [2.24, 2.45) is 0 Å². The third kappa shape index (κ3) is 2.49. The van der Waals surface area contributed by atoms with E-state index < -0.39 is 0 Å². The zero-order chi connectivity index (χ0) is 11.4. The van der Waals surface area contributed by atoms with Crippen molar-refractivity contribution >= 4 is 11.3 Å². The lowest BCUT2D eigenvalue weighted by Crippen LogP contribution is -2.11. The number of aryl methyl sites for hydroxylation is 1. The van der Waals surface area contributed by atoms with E-state index in [-0.39, 0.29) is 0 Å². The van der Waals surface area contributed by atoms with Gasteiger partial charge in [-0.25, -0.2) is 4.98 Å². The summed E-state index contributed by atoms with van der Waals surface area (Å²) < 4.78 is 0. The summed E-state index contributed by atoms with van der Waals surface area (Å²) in [6.45, 7) is 6.04. The van der Waals surface area contributed by atoms with Crippen molar-refractivity contribution in [2.45, 2.75) is 20.4 Å². The minimum absolute atomic E-state index is 0.870. The van der Waals surface area contributed by atoms with Gasteiger partial charge in [0.25, 0.3) is 0 Å². The average Bonchev–Trinajstić information content (AvgIpc) is 2.69. The maximum Gasteiger partial charge on any atom is 0.107 e. The van der Waals surface area contributed by atoms with E-state index >= 15 is 0 Å². The largest absolute Gasteiger partial charge is 0.311 e. The van der Waals surface area contributed by atoms with E-state index in [2.05, 4.69) is 48.4 Å². The van der Waals surface area contributed by atoms with Crippen LogP contribution in [-0.4, -0.2) is 11.5 Å². The molecule has 0 aliphatic carbocycles. The molecular weight excluding hydrogens is 216 g/mol. The Morgan fingerprint density at radius 3 is 2.69 bits per heavy atom. The van der Waals surface area contributed by atoms with Gasteiger partial charge < -0.3 is 5.32 Å². The highest BCUT2D eigenvalue weighted by atomic mass is 32.1. The van der Waals surface area contributed by atoms with Crippen molar-refractivity contribution in [1.82, 2.24) is 10.3 Å². The third-order valence-corrected chi connectivity index (χ3v) is 3.61. The van der Waals surface area contributed by atoms with Crippen LogP contribution in [0.25, 0.3) is 10.4 Å². The fourth-order valence-corrected chi connectivity index (χ4v) is 2.66. The van der Waals surface area contributed by atoms with Crippen molar-refractivity contribution in [3.8, 4) is 10.4 Å². The number of nitrogens with zero attached hydrogens (tertiary/aromatic N) is 1. The molecule has 0 aliphatic rings. The Balaban J connectivity index is 2.25. The molecule has 2 rings (SSSR count). The summed E-state index contributed by atoms with van der Waals surface area (Å²) in [5.41, 5.74) is 2.39. The monoisotopic (exact) mass is 232 g/mol. The lowest BCUT2D eigenvalue weighted by Gasteiger charge is -1.96. The standard InChI is InChI=1S/C13H16N2S/c1-3-14-9-12-15-10(2)13(16-12)11-7-5-4-6-8-11/h4-8,14H,3,9H2,1-2H3. The van der Waals surface area contributed by atoms with Gasteiger partial charge in [0.2, 0.25) is 0 Å². The maximum absolute atomic E-state index is 4.58. The summed E-state index contributed by atoms with van der Waals surface area (Å²) in [5, 5.41) is 4.47. The van der Waals surface area contributed by atoms with Gasteiger partial charge in [-0.15, -0.1) is 11.3 Å². The van der Waals surface area contributed by atoms with Crippen LogP contribution in [0.15, 0.2) is 30.3 Å². The number of benzene rings is 1. The molecule has 3 heteroatoms. The van der Waals surface area contributed by atoms with Gasteiger partial charge >= 0.3 is 0 Å². The second-order valence-electron chi connectivity index (χ2n) is 3.67. The second kappa shape index (κ2) is 5.23. The fraction of sp³-hybridized carbons (Fsp3) is 0.308. The molecule has 2 nitrogen and oxygen atoms in total. The molecule has 0 radical (unpaired) electrons. The molecule has 0 fully saturated rings.